The number of allylic oxidation sites excluding steroid dienone is 1. The molecular weight excluding hydrogens is 264 g/mol. The van der Waals surface area contributed by atoms with Gasteiger partial charge >= 0.3 is 0 Å². The average molecular weight is 276 g/mol. The lowest BCUT2D eigenvalue weighted by Crippen LogP contribution is -2.40. The minimum absolute atomic E-state index is 0.0735. The zero-order chi connectivity index (χ0) is 14.3. The number of carbonyl (C=O) groups is 1. The molecule has 0 saturated heterocycles. The largest absolute Gasteiger partial charge is 0.384 e. The molecule has 0 aliphatic carbocycles. The molecule has 1 aliphatic rings. The quantitative estimate of drug-likeness (QED) is 0.659. The van der Waals surface area contributed by atoms with Crippen molar-refractivity contribution >= 4 is 34.7 Å². The molecule has 0 fully saturated rings. The van der Waals surface area contributed by atoms with Gasteiger partial charge in [0.2, 0.25) is 5.91 Å². The van der Waals surface area contributed by atoms with Gasteiger partial charge in [-0.1, -0.05) is 13.0 Å². The molecule has 1 amide bonds. The Morgan fingerprint density at radius 2 is 2.21 bits per heavy atom. The van der Waals surface area contributed by atoms with Gasteiger partial charge in [-0.15, -0.1) is 11.3 Å². The molecule has 0 spiro atoms. The molecule has 0 unspecified atom stereocenters. The first-order chi connectivity index (χ1) is 8.93. The summed E-state index contributed by atoms with van der Waals surface area (Å²) in [5, 5.41) is 9.14. The Kier molecular flexibility index (Phi) is 3.04. The number of amides is 1. The summed E-state index contributed by atoms with van der Waals surface area (Å²) in [4.78, 5) is 23.7. The molecule has 1 aromatic rings. The molecule has 2 rings (SSSR count). The summed E-state index contributed by atoms with van der Waals surface area (Å²) in [5.74, 6) is -1.08. The molecule has 0 saturated carbocycles. The molecule has 0 radical (unpaired) electrons. The fourth-order valence-electron chi connectivity index (χ4n) is 2.12. The number of primary amides is 1. The van der Waals surface area contributed by atoms with Crippen molar-refractivity contribution in [3.05, 3.63) is 25.1 Å². The molecule has 0 aromatic carbocycles. The van der Waals surface area contributed by atoms with E-state index in [1.807, 2.05) is 6.07 Å². The molecule has 1 atom stereocenters. The number of nitrogens with zero attached hydrogens (tertiary/aromatic N) is 2. The Balaban J connectivity index is 3.10. The van der Waals surface area contributed by atoms with Crippen LogP contribution in [0.15, 0.2) is 10.4 Å². The van der Waals surface area contributed by atoms with E-state index in [0.717, 1.165) is 11.3 Å². The molecule has 2 heterocycles. The van der Waals surface area contributed by atoms with E-state index >= 15 is 0 Å². The zero-order valence-corrected chi connectivity index (χ0v) is 11.2. The number of thiazole rings is 1. The normalized spacial score (nSPS) is 19.3. The monoisotopic (exact) mass is 276 g/mol. The highest BCUT2D eigenvalue weighted by Gasteiger charge is 2.30. The smallest absolute Gasteiger partial charge is 0.274 e. The molecule has 7 heteroatoms. The van der Waals surface area contributed by atoms with Gasteiger partial charge in [0, 0.05) is 5.92 Å². The van der Waals surface area contributed by atoms with Crippen LogP contribution >= 0.6 is 11.3 Å². The Morgan fingerprint density at radius 1 is 1.58 bits per heavy atom. The zero-order valence-electron chi connectivity index (χ0n) is 10.4. The highest BCUT2D eigenvalue weighted by Crippen LogP contribution is 2.25. The first kappa shape index (κ1) is 13.1. The molecule has 4 N–H and O–H groups in total. The predicted molar refractivity (Wildman–Crippen MR) is 72.8 cm³/mol. The van der Waals surface area contributed by atoms with Gasteiger partial charge in [0.05, 0.1) is 21.7 Å². The van der Waals surface area contributed by atoms with Crippen LogP contribution in [0.3, 0.4) is 0 Å². The van der Waals surface area contributed by atoms with Crippen molar-refractivity contribution in [2.45, 2.75) is 13.8 Å². The molecule has 0 bridgehead atoms. The summed E-state index contributed by atoms with van der Waals surface area (Å²) in [6.45, 7) is 3.40. The number of rotatable bonds is 1. The highest BCUT2D eigenvalue weighted by molar-refractivity contribution is 7.07. The van der Waals surface area contributed by atoms with Gasteiger partial charge in [-0.2, -0.15) is 5.26 Å². The van der Waals surface area contributed by atoms with Crippen LogP contribution in [0, 0.1) is 17.2 Å². The number of nitriles is 1. The Labute approximate surface area is 112 Å². The van der Waals surface area contributed by atoms with Crippen LogP contribution in [0.25, 0.3) is 17.5 Å². The summed E-state index contributed by atoms with van der Waals surface area (Å²) < 4.78 is 2.07. The van der Waals surface area contributed by atoms with Gasteiger partial charge in [-0.3, -0.25) is 14.2 Å². The maximum absolute atomic E-state index is 12.1. The topological polar surface area (TPSA) is 115 Å². The van der Waals surface area contributed by atoms with Gasteiger partial charge in [-0.05, 0) is 6.92 Å². The highest BCUT2D eigenvalue weighted by atomic mass is 32.1. The Bertz CT molecular complexity index is 819. The maximum atomic E-state index is 12.1. The predicted octanol–water partition coefficient (Wildman–Crippen LogP) is -1.35. The lowest BCUT2D eigenvalue weighted by molar-refractivity contribution is -0.113. The van der Waals surface area contributed by atoms with E-state index in [4.69, 9.17) is 16.7 Å². The van der Waals surface area contributed by atoms with Crippen LogP contribution in [0.2, 0.25) is 0 Å². The van der Waals surface area contributed by atoms with E-state index in [9.17, 15) is 9.59 Å². The summed E-state index contributed by atoms with van der Waals surface area (Å²) in [7, 11) is 0. The number of hydrogen-bond acceptors (Lipinski definition) is 5. The van der Waals surface area contributed by atoms with Crippen molar-refractivity contribution in [1.82, 2.24) is 4.57 Å². The number of aromatic nitrogens is 1. The summed E-state index contributed by atoms with van der Waals surface area (Å²) >= 11 is 1.15. The summed E-state index contributed by atoms with van der Waals surface area (Å²) in [6, 6.07) is 1.94. The van der Waals surface area contributed by atoms with E-state index in [1.165, 1.54) is 4.57 Å². The fraction of sp³-hybridized carbons (Fsp3) is 0.250. The van der Waals surface area contributed by atoms with Crippen molar-refractivity contribution in [3.63, 3.8) is 0 Å². The third kappa shape index (κ3) is 1.69. The van der Waals surface area contributed by atoms with E-state index in [-0.39, 0.29) is 22.5 Å². The van der Waals surface area contributed by atoms with Crippen LogP contribution in [-0.4, -0.2) is 10.5 Å². The number of carbonyl (C=O) groups excluding carboxylic acids is 1. The van der Waals surface area contributed by atoms with E-state index in [0.29, 0.717) is 9.20 Å². The van der Waals surface area contributed by atoms with Gasteiger partial charge in [0.25, 0.3) is 5.56 Å². The number of nitrogens with two attached hydrogens (primary N) is 2. The Hall–Kier alpha value is -2.33. The van der Waals surface area contributed by atoms with E-state index in [2.05, 4.69) is 0 Å². The summed E-state index contributed by atoms with van der Waals surface area (Å²) in [5.41, 5.74) is 11.3. The van der Waals surface area contributed by atoms with E-state index < -0.39 is 11.8 Å². The third-order valence-electron chi connectivity index (χ3n) is 3.08. The number of hydrogen-bond donors (Lipinski definition) is 2. The van der Waals surface area contributed by atoms with Crippen molar-refractivity contribution in [1.29, 1.82) is 5.26 Å². The van der Waals surface area contributed by atoms with Crippen molar-refractivity contribution in [3.8, 4) is 6.07 Å². The van der Waals surface area contributed by atoms with Gasteiger partial charge < -0.3 is 11.5 Å². The minimum Gasteiger partial charge on any atom is -0.384 e. The van der Waals surface area contributed by atoms with Crippen molar-refractivity contribution in [2.24, 2.45) is 17.4 Å². The number of fused-ring (bicyclic) bond motifs is 1. The second kappa shape index (κ2) is 4.40. The Morgan fingerprint density at radius 3 is 2.68 bits per heavy atom. The molecular formula is C12H12N4O2S. The standard InChI is InChI=1S/C12H12N4O2S/c1-3-7-11(18)16-9(14)6(4-13)5(2)8(10(15)17)12(16)19-7/h3,5H,14H2,1-2H3,(H2,15,17)/b7-3-/t5-/m0/s1. The maximum Gasteiger partial charge on any atom is 0.274 e. The van der Waals surface area contributed by atoms with Crippen molar-refractivity contribution in [2.75, 3.05) is 0 Å². The fourth-order valence-corrected chi connectivity index (χ4v) is 3.28. The molecule has 98 valence electrons. The van der Waals surface area contributed by atoms with Gasteiger partial charge in [-0.25, -0.2) is 0 Å². The molecule has 6 nitrogen and oxygen atoms in total. The first-order valence-electron chi connectivity index (χ1n) is 5.56. The second-order valence-corrected chi connectivity index (χ2v) is 5.14. The lowest BCUT2D eigenvalue weighted by Gasteiger charge is -2.19. The van der Waals surface area contributed by atoms with Crippen LogP contribution in [-0.2, 0) is 4.79 Å². The minimum atomic E-state index is -0.648. The van der Waals surface area contributed by atoms with Crippen LogP contribution in [0.5, 0.6) is 0 Å². The molecule has 1 aromatic heterocycles. The van der Waals surface area contributed by atoms with Crippen LogP contribution in [0.4, 0.5) is 0 Å². The van der Waals surface area contributed by atoms with Gasteiger partial charge in [0.15, 0.2) is 0 Å². The lowest BCUT2D eigenvalue weighted by atomic mass is 9.92. The van der Waals surface area contributed by atoms with Crippen molar-refractivity contribution < 1.29 is 4.79 Å². The van der Waals surface area contributed by atoms with Crippen LogP contribution < -0.4 is 26.2 Å². The molecule has 1 aliphatic heterocycles. The van der Waals surface area contributed by atoms with Crippen LogP contribution in [0.1, 0.15) is 13.8 Å². The SMILES string of the molecule is C/C=c1\sc2n(c1=O)C(N)=C(C#N)[C@H](C)C=2C(N)=O. The second-order valence-electron chi connectivity index (χ2n) is 4.11. The summed E-state index contributed by atoms with van der Waals surface area (Å²) in [6.07, 6.45) is 1.64. The average Bonchev–Trinajstić information content (AvgIpc) is 2.66. The third-order valence-corrected chi connectivity index (χ3v) is 4.31. The first-order valence-corrected chi connectivity index (χ1v) is 6.38. The van der Waals surface area contributed by atoms with E-state index in [1.54, 1.807) is 19.9 Å². The van der Waals surface area contributed by atoms with Gasteiger partial charge in [0.1, 0.15) is 10.5 Å². The molecule has 19 heavy (non-hydrogen) atoms.